The summed E-state index contributed by atoms with van der Waals surface area (Å²) in [6.45, 7) is 6.32. The Labute approximate surface area is 144 Å². The van der Waals surface area contributed by atoms with Crippen LogP contribution in [0.5, 0.6) is 5.75 Å². The average molecular weight is 336 g/mol. The summed E-state index contributed by atoms with van der Waals surface area (Å²) in [4.78, 5) is 4.34. The summed E-state index contributed by atoms with van der Waals surface area (Å²) in [5.41, 5.74) is 1.22. The highest BCUT2D eigenvalue weighted by molar-refractivity contribution is 8.00. The quantitative estimate of drug-likeness (QED) is 0.619. The van der Waals surface area contributed by atoms with Crippen molar-refractivity contribution in [2.45, 2.75) is 37.4 Å². The molecule has 0 saturated carbocycles. The van der Waals surface area contributed by atoms with Crippen LogP contribution in [-0.2, 0) is 0 Å². The Morgan fingerprint density at radius 1 is 1.39 bits per heavy atom. The van der Waals surface area contributed by atoms with Gasteiger partial charge in [-0.25, -0.2) is 0 Å². The normalized spacial score (nSPS) is 22.7. The van der Waals surface area contributed by atoms with Gasteiger partial charge in [0.05, 0.1) is 7.11 Å². The monoisotopic (exact) mass is 335 g/mol. The molecular formula is C18H29N3OS. The molecule has 23 heavy (non-hydrogen) atoms. The maximum absolute atomic E-state index is 5.45. The van der Waals surface area contributed by atoms with Crippen LogP contribution in [0.4, 0.5) is 0 Å². The second kappa shape index (κ2) is 8.48. The Hall–Kier alpha value is -1.36. The number of ether oxygens (including phenoxy) is 1. The number of aliphatic imine (C=N–C) groups is 1. The minimum absolute atomic E-state index is 0.339. The van der Waals surface area contributed by atoms with Crippen molar-refractivity contribution >= 4 is 17.7 Å². The molecule has 0 amide bonds. The van der Waals surface area contributed by atoms with Crippen molar-refractivity contribution < 1.29 is 4.74 Å². The number of para-hydroxylation sites is 1. The summed E-state index contributed by atoms with van der Waals surface area (Å²) < 4.78 is 5.79. The molecule has 1 aromatic rings. The molecule has 1 fully saturated rings. The lowest BCUT2D eigenvalue weighted by atomic mass is 10.0. The van der Waals surface area contributed by atoms with Gasteiger partial charge in [0.15, 0.2) is 5.96 Å². The molecule has 2 N–H and O–H groups in total. The molecule has 2 unspecified atom stereocenters. The zero-order valence-corrected chi connectivity index (χ0v) is 15.5. The summed E-state index contributed by atoms with van der Waals surface area (Å²) in [5, 5.41) is 6.91. The van der Waals surface area contributed by atoms with Crippen LogP contribution in [0.3, 0.4) is 0 Å². The summed E-state index contributed by atoms with van der Waals surface area (Å²) in [6.07, 6.45) is 2.60. The van der Waals surface area contributed by atoms with E-state index in [4.69, 9.17) is 4.74 Å². The van der Waals surface area contributed by atoms with E-state index in [9.17, 15) is 0 Å². The van der Waals surface area contributed by atoms with E-state index >= 15 is 0 Å². The van der Waals surface area contributed by atoms with Crippen LogP contribution in [0, 0.1) is 0 Å². The van der Waals surface area contributed by atoms with Crippen LogP contribution < -0.4 is 15.4 Å². The SMILES string of the molecule is CN=C(NCC(C)c1ccccc1OC)NCC1(C)CCCS1. The van der Waals surface area contributed by atoms with Gasteiger partial charge in [-0.1, -0.05) is 25.1 Å². The summed E-state index contributed by atoms with van der Waals surface area (Å²) in [7, 11) is 3.55. The lowest BCUT2D eigenvalue weighted by Gasteiger charge is -2.25. The van der Waals surface area contributed by atoms with E-state index in [0.717, 1.165) is 24.8 Å². The molecule has 0 aromatic heterocycles. The molecule has 0 radical (unpaired) electrons. The number of rotatable bonds is 6. The first-order chi connectivity index (χ1) is 11.1. The predicted octanol–water partition coefficient (Wildman–Crippen LogP) is 3.25. The van der Waals surface area contributed by atoms with Crippen LogP contribution in [-0.4, -0.2) is 43.7 Å². The number of benzene rings is 1. The van der Waals surface area contributed by atoms with Crippen molar-refractivity contribution in [2.75, 3.05) is 33.0 Å². The molecule has 5 heteroatoms. The molecule has 0 bridgehead atoms. The van der Waals surface area contributed by atoms with E-state index < -0.39 is 0 Å². The smallest absolute Gasteiger partial charge is 0.191 e. The van der Waals surface area contributed by atoms with E-state index in [1.807, 2.05) is 19.2 Å². The van der Waals surface area contributed by atoms with Gasteiger partial charge in [-0.2, -0.15) is 11.8 Å². The van der Waals surface area contributed by atoms with Gasteiger partial charge in [0.1, 0.15) is 5.75 Å². The Bertz CT molecular complexity index is 527. The zero-order valence-electron chi connectivity index (χ0n) is 14.7. The molecule has 128 valence electrons. The van der Waals surface area contributed by atoms with Gasteiger partial charge in [-0.05, 0) is 37.1 Å². The molecular weight excluding hydrogens is 306 g/mol. The number of nitrogens with zero attached hydrogens (tertiary/aromatic N) is 1. The van der Waals surface area contributed by atoms with Crippen molar-refractivity contribution in [3.8, 4) is 5.75 Å². The van der Waals surface area contributed by atoms with Crippen LogP contribution in [0.15, 0.2) is 29.3 Å². The number of nitrogens with one attached hydrogen (secondary N) is 2. The fraction of sp³-hybridized carbons (Fsp3) is 0.611. The average Bonchev–Trinajstić information content (AvgIpc) is 3.01. The summed E-state index contributed by atoms with van der Waals surface area (Å²) >= 11 is 2.06. The molecule has 2 atom stereocenters. The van der Waals surface area contributed by atoms with Gasteiger partial charge in [-0.15, -0.1) is 0 Å². The van der Waals surface area contributed by atoms with Gasteiger partial charge in [-0.3, -0.25) is 4.99 Å². The first kappa shape index (κ1) is 18.0. The zero-order chi connectivity index (χ0) is 16.7. The Kier molecular flexibility index (Phi) is 6.63. The van der Waals surface area contributed by atoms with E-state index in [-0.39, 0.29) is 0 Å². The first-order valence-electron chi connectivity index (χ1n) is 8.29. The molecule has 1 aliphatic rings. The van der Waals surface area contributed by atoms with E-state index in [2.05, 4.69) is 53.4 Å². The van der Waals surface area contributed by atoms with Gasteiger partial charge in [0, 0.05) is 30.8 Å². The van der Waals surface area contributed by atoms with Gasteiger partial charge >= 0.3 is 0 Å². The van der Waals surface area contributed by atoms with Crippen molar-refractivity contribution in [3.63, 3.8) is 0 Å². The van der Waals surface area contributed by atoms with Crippen molar-refractivity contribution in [1.29, 1.82) is 0 Å². The number of hydrogen-bond acceptors (Lipinski definition) is 3. The van der Waals surface area contributed by atoms with Crippen LogP contribution in [0.1, 0.15) is 38.2 Å². The second-order valence-electron chi connectivity index (χ2n) is 6.35. The molecule has 0 spiro atoms. The summed E-state index contributed by atoms with van der Waals surface area (Å²) in [5.74, 6) is 3.44. The maximum atomic E-state index is 5.45. The minimum Gasteiger partial charge on any atom is -0.496 e. The fourth-order valence-electron chi connectivity index (χ4n) is 2.90. The third-order valence-electron chi connectivity index (χ3n) is 4.40. The van der Waals surface area contributed by atoms with Crippen molar-refractivity contribution in [2.24, 2.45) is 4.99 Å². The predicted molar refractivity (Wildman–Crippen MR) is 101 cm³/mol. The number of hydrogen-bond donors (Lipinski definition) is 2. The highest BCUT2D eigenvalue weighted by atomic mass is 32.2. The lowest BCUT2D eigenvalue weighted by Crippen LogP contribution is -2.44. The minimum atomic E-state index is 0.339. The molecule has 4 nitrogen and oxygen atoms in total. The molecule has 1 heterocycles. The maximum Gasteiger partial charge on any atom is 0.191 e. The number of thioether (sulfide) groups is 1. The third kappa shape index (κ3) is 5.06. The van der Waals surface area contributed by atoms with Crippen molar-refractivity contribution in [1.82, 2.24) is 10.6 Å². The third-order valence-corrected chi connectivity index (χ3v) is 5.94. The van der Waals surface area contributed by atoms with Crippen molar-refractivity contribution in [3.05, 3.63) is 29.8 Å². The highest BCUT2D eigenvalue weighted by Crippen LogP contribution is 2.36. The molecule has 1 saturated heterocycles. The Morgan fingerprint density at radius 2 is 2.17 bits per heavy atom. The summed E-state index contributed by atoms with van der Waals surface area (Å²) in [6, 6.07) is 8.19. The van der Waals surface area contributed by atoms with Crippen LogP contribution >= 0.6 is 11.8 Å². The van der Waals surface area contributed by atoms with Gasteiger partial charge in [0.25, 0.3) is 0 Å². The fourth-order valence-corrected chi connectivity index (χ4v) is 4.15. The molecule has 1 aliphatic heterocycles. The lowest BCUT2D eigenvalue weighted by molar-refractivity contribution is 0.406. The molecule has 0 aliphatic carbocycles. The van der Waals surface area contributed by atoms with Crippen LogP contribution in [0.2, 0.25) is 0 Å². The van der Waals surface area contributed by atoms with E-state index in [1.54, 1.807) is 7.11 Å². The standard InChI is InChI=1S/C18H29N3OS/c1-14(15-8-5-6-9-16(15)22-4)12-20-17(19-3)21-13-18(2)10-7-11-23-18/h5-6,8-9,14H,7,10-13H2,1-4H3,(H2,19,20,21). The number of methoxy groups -OCH3 is 1. The first-order valence-corrected chi connectivity index (χ1v) is 9.28. The Balaban J connectivity index is 1.85. The van der Waals surface area contributed by atoms with Gasteiger partial charge < -0.3 is 15.4 Å². The molecule has 1 aromatic carbocycles. The number of guanidine groups is 1. The molecule has 2 rings (SSSR count). The second-order valence-corrected chi connectivity index (χ2v) is 8.03. The van der Waals surface area contributed by atoms with E-state index in [0.29, 0.717) is 10.7 Å². The van der Waals surface area contributed by atoms with E-state index in [1.165, 1.54) is 24.2 Å². The van der Waals surface area contributed by atoms with Crippen LogP contribution in [0.25, 0.3) is 0 Å². The highest BCUT2D eigenvalue weighted by Gasteiger charge is 2.29. The Morgan fingerprint density at radius 3 is 2.83 bits per heavy atom. The largest absolute Gasteiger partial charge is 0.496 e. The van der Waals surface area contributed by atoms with Gasteiger partial charge in [0.2, 0.25) is 0 Å². The topological polar surface area (TPSA) is 45.7 Å².